The Morgan fingerprint density at radius 1 is 0.929 bits per heavy atom. The lowest BCUT2D eigenvalue weighted by atomic mass is 9.79. The first kappa shape index (κ1) is 12.9. The Kier molecular flexibility index (Phi) is 3.61. The van der Waals surface area contributed by atoms with E-state index < -0.39 is 23.1 Å². The number of rotatable bonds is 5. The molecular weight excluding hydrogens is 192 g/mol. The average molecular weight is 206 g/mol. The number of aliphatic carboxylic acids is 2. The second kappa shape index (κ2) is 3.93. The predicted molar refractivity (Wildman–Crippen MR) is 45.8 cm³/mol. The molecule has 0 aromatic carbocycles. The molecule has 4 N–H and O–H groups in total. The fourth-order valence-corrected chi connectivity index (χ4v) is 1.24. The smallest absolute Gasteiger partial charge is 0.339 e. The summed E-state index contributed by atoms with van der Waals surface area (Å²) in [5.41, 5.74) is -5.32. The van der Waals surface area contributed by atoms with Crippen molar-refractivity contribution in [1.82, 2.24) is 0 Å². The molecule has 0 bridgehead atoms. The van der Waals surface area contributed by atoms with Gasteiger partial charge in [0.05, 0.1) is 0 Å². The number of hydrogen-bond acceptors (Lipinski definition) is 4. The van der Waals surface area contributed by atoms with Gasteiger partial charge in [-0.05, 0) is 12.8 Å². The first-order valence-electron chi connectivity index (χ1n) is 4.17. The van der Waals surface area contributed by atoms with E-state index in [1.165, 1.54) is 13.8 Å². The van der Waals surface area contributed by atoms with Gasteiger partial charge < -0.3 is 20.4 Å². The van der Waals surface area contributed by atoms with Crippen molar-refractivity contribution in [2.75, 3.05) is 0 Å². The third-order valence-electron chi connectivity index (χ3n) is 2.42. The van der Waals surface area contributed by atoms with Crippen LogP contribution in [0.1, 0.15) is 26.7 Å². The zero-order valence-electron chi connectivity index (χ0n) is 8.02. The molecule has 0 rings (SSSR count). The van der Waals surface area contributed by atoms with Gasteiger partial charge in [0, 0.05) is 0 Å². The molecule has 0 fully saturated rings. The molecule has 2 atom stereocenters. The van der Waals surface area contributed by atoms with E-state index in [-0.39, 0.29) is 12.8 Å². The van der Waals surface area contributed by atoms with E-state index >= 15 is 0 Å². The molecule has 1 unspecified atom stereocenters. The van der Waals surface area contributed by atoms with Crippen molar-refractivity contribution in [3.8, 4) is 0 Å². The summed E-state index contributed by atoms with van der Waals surface area (Å²) in [5.74, 6) is -3.49. The van der Waals surface area contributed by atoms with Gasteiger partial charge in [0.15, 0.2) is 0 Å². The lowest BCUT2D eigenvalue weighted by Gasteiger charge is -2.35. The van der Waals surface area contributed by atoms with Crippen LogP contribution in [0.2, 0.25) is 0 Å². The Hall–Kier alpha value is -1.14. The maximum absolute atomic E-state index is 10.7. The molecule has 0 aliphatic rings. The summed E-state index contributed by atoms with van der Waals surface area (Å²) >= 11 is 0. The molecule has 0 heterocycles. The maximum Gasteiger partial charge on any atom is 0.339 e. The molecule has 82 valence electrons. The zero-order valence-corrected chi connectivity index (χ0v) is 8.02. The summed E-state index contributed by atoms with van der Waals surface area (Å²) in [6.45, 7) is 2.58. The molecule has 0 aliphatic heterocycles. The second-order valence-corrected chi connectivity index (χ2v) is 3.04. The molecular formula is C8H14O6. The van der Waals surface area contributed by atoms with Crippen LogP contribution in [0.15, 0.2) is 0 Å². The van der Waals surface area contributed by atoms with Gasteiger partial charge >= 0.3 is 11.9 Å². The van der Waals surface area contributed by atoms with Crippen LogP contribution in [0.5, 0.6) is 0 Å². The molecule has 0 aliphatic carbocycles. The lowest BCUT2D eigenvalue weighted by molar-refractivity contribution is -0.208. The highest BCUT2D eigenvalue weighted by molar-refractivity contribution is 5.90. The molecule has 14 heavy (non-hydrogen) atoms. The standard InChI is InChI=1S/C8H14O6/c1-3-7(13,5(9)10)8(14,4-2)6(11)12/h13-14H,3-4H2,1-2H3,(H,9,10)(H,11,12)/t7-,8?/m0/s1. The number of carboxylic acid groups (broad SMARTS) is 2. The minimum absolute atomic E-state index is 0.390. The first-order valence-corrected chi connectivity index (χ1v) is 4.17. The largest absolute Gasteiger partial charge is 0.479 e. The van der Waals surface area contributed by atoms with E-state index in [0.717, 1.165) is 0 Å². The highest BCUT2D eigenvalue weighted by Crippen LogP contribution is 2.29. The van der Waals surface area contributed by atoms with Crippen LogP contribution in [0, 0.1) is 0 Å². The topological polar surface area (TPSA) is 115 Å². The molecule has 0 aromatic heterocycles. The fourth-order valence-electron chi connectivity index (χ4n) is 1.24. The minimum atomic E-state index is -2.66. The van der Waals surface area contributed by atoms with Crippen LogP contribution in [0.4, 0.5) is 0 Å². The van der Waals surface area contributed by atoms with E-state index in [1.54, 1.807) is 0 Å². The maximum atomic E-state index is 10.7. The molecule has 0 amide bonds. The van der Waals surface area contributed by atoms with Gasteiger partial charge in [-0.15, -0.1) is 0 Å². The van der Waals surface area contributed by atoms with Gasteiger partial charge in [0.2, 0.25) is 11.2 Å². The van der Waals surface area contributed by atoms with Crippen molar-refractivity contribution >= 4 is 11.9 Å². The number of aliphatic hydroxyl groups is 2. The van der Waals surface area contributed by atoms with Gasteiger partial charge in [0.1, 0.15) is 0 Å². The fraction of sp³-hybridized carbons (Fsp3) is 0.750. The molecule has 0 saturated heterocycles. The van der Waals surface area contributed by atoms with Crippen molar-refractivity contribution in [3.05, 3.63) is 0 Å². The van der Waals surface area contributed by atoms with Crippen LogP contribution in [0.25, 0.3) is 0 Å². The number of carbonyl (C=O) groups is 2. The van der Waals surface area contributed by atoms with E-state index in [2.05, 4.69) is 0 Å². The van der Waals surface area contributed by atoms with Crippen molar-refractivity contribution in [1.29, 1.82) is 0 Å². The summed E-state index contributed by atoms with van der Waals surface area (Å²) in [4.78, 5) is 21.4. The monoisotopic (exact) mass is 206 g/mol. The van der Waals surface area contributed by atoms with Gasteiger partial charge in [-0.3, -0.25) is 0 Å². The third-order valence-corrected chi connectivity index (χ3v) is 2.42. The number of carboxylic acids is 2. The molecule has 0 radical (unpaired) electrons. The van der Waals surface area contributed by atoms with Crippen molar-refractivity contribution in [2.45, 2.75) is 37.9 Å². The van der Waals surface area contributed by atoms with E-state index in [0.29, 0.717) is 0 Å². The summed E-state index contributed by atoms with van der Waals surface area (Å²) < 4.78 is 0. The summed E-state index contributed by atoms with van der Waals surface area (Å²) in [7, 11) is 0. The summed E-state index contributed by atoms with van der Waals surface area (Å²) in [5, 5.41) is 36.5. The van der Waals surface area contributed by atoms with Crippen LogP contribution >= 0.6 is 0 Å². The first-order chi connectivity index (χ1) is 6.26. The molecule has 0 saturated carbocycles. The van der Waals surface area contributed by atoms with Crippen LogP contribution in [0.3, 0.4) is 0 Å². The van der Waals surface area contributed by atoms with E-state index in [9.17, 15) is 19.8 Å². The molecule has 0 aromatic rings. The number of hydrogen-bond donors (Lipinski definition) is 4. The van der Waals surface area contributed by atoms with Crippen LogP contribution < -0.4 is 0 Å². The van der Waals surface area contributed by atoms with E-state index in [1.807, 2.05) is 0 Å². The lowest BCUT2D eigenvalue weighted by Crippen LogP contribution is -2.63. The molecule has 6 nitrogen and oxygen atoms in total. The normalized spacial score (nSPS) is 19.4. The quantitative estimate of drug-likeness (QED) is 0.479. The Morgan fingerprint density at radius 2 is 1.14 bits per heavy atom. The van der Waals surface area contributed by atoms with E-state index in [4.69, 9.17) is 10.2 Å². The summed E-state index contributed by atoms with van der Waals surface area (Å²) in [6.07, 6.45) is -0.780. The van der Waals surface area contributed by atoms with Crippen LogP contribution in [-0.2, 0) is 9.59 Å². The molecule has 6 heteroatoms. The highest BCUT2D eigenvalue weighted by atomic mass is 16.5. The second-order valence-electron chi connectivity index (χ2n) is 3.04. The Morgan fingerprint density at radius 3 is 1.21 bits per heavy atom. The SMILES string of the molecule is CCC(O)(C(=O)O)[C@](O)(CC)C(=O)O. The van der Waals surface area contributed by atoms with Crippen molar-refractivity contribution in [3.63, 3.8) is 0 Å². The van der Waals surface area contributed by atoms with Crippen molar-refractivity contribution < 1.29 is 30.0 Å². The van der Waals surface area contributed by atoms with Gasteiger partial charge in [-0.25, -0.2) is 9.59 Å². The molecule has 0 spiro atoms. The Balaban J connectivity index is 5.37. The Bertz CT molecular complexity index is 224. The third kappa shape index (κ3) is 1.58. The van der Waals surface area contributed by atoms with Gasteiger partial charge in [-0.2, -0.15) is 0 Å². The van der Waals surface area contributed by atoms with Gasteiger partial charge in [-0.1, -0.05) is 13.8 Å². The minimum Gasteiger partial charge on any atom is -0.479 e. The van der Waals surface area contributed by atoms with Crippen molar-refractivity contribution in [2.24, 2.45) is 0 Å². The van der Waals surface area contributed by atoms with Gasteiger partial charge in [0.25, 0.3) is 0 Å². The average Bonchev–Trinajstić information content (AvgIpc) is 2.14. The van der Waals surface area contributed by atoms with Crippen LogP contribution in [-0.4, -0.2) is 43.6 Å². The predicted octanol–water partition coefficient (Wildman–Crippen LogP) is -0.562. The zero-order chi connectivity index (χ0) is 11.6. The highest BCUT2D eigenvalue weighted by Gasteiger charge is 2.58. The Labute approximate surface area is 80.8 Å². The summed E-state index contributed by atoms with van der Waals surface area (Å²) in [6, 6.07) is 0.